The lowest BCUT2D eigenvalue weighted by molar-refractivity contribution is -0.146. The number of allylic oxidation sites excluding steroid dienone is 2. The number of carbonyl (C=O) groups is 1. The molecular formula is C61H120O3. The van der Waals surface area contributed by atoms with Gasteiger partial charge in [0.25, 0.3) is 0 Å². The fourth-order valence-corrected chi connectivity index (χ4v) is 10.1. The predicted octanol–water partition coefficient (Wildman–Crippen LogP) is 21.7. The van der Waals surface area contributed by atoms with Gasteiger partial charge in [0.2, 0.25) is 0 Å². The number of hydrogen-bond donors (Lipinski definition) is 2. The van der Waals surface area contributed by atoms with E-state index in [1.807, 2.05) is 0 Å². The molecule has 2 unspecified atom stereocenters. The fourth-order valence-electron chi connectivity index (χ4n) is 10.1. The molecule has 0 spiro atoms. The van der Waals surface area contributed by atoms with Gasteiger partial charge < -0.3 is 10.2 Å². The van der Waals surface area contributed by atoms with E-state index in [4.69, 9.17) is 0 Å². The Bertz CT molecular complexity index is 883. The molecule has 0 aromatic rings. The minimum Gasteiger partial charge on any atom is -0.481 e. The molecule has 0 aliphatic carbocycles. The lowest BCUT2D eigenvalue weighted by atomic mass is 9.91. The van der Waals surface area contributed by atoms with Gasteiger partial charge >= 0.3 is 5.97 Å². The van der Waals surface area contributed by atoms with Crippen molar-refractivity contribution in [2.45, 2.75) is 367 Å². The predicted molar refractivity (Wildman–Crippen MR) is 287 cm³/mol. The third kappa shape index (κ3) is 52.1. The molecule has 0 fully saturated rings. The summed E-state index contributed by atoms with van der Waals surface area (Å²) >= 11 is 0. The Labute approximate surface area is 404 Å². The summed E-state index contributed by atoms with van der Waals surface area (Å²) in [5.41, 5.74) is 0. The summed E-state index contributed by atoms with van der Waals surface area (Å²) in [6.45, 7) is 4.60. The lowest BCUT2D eigenvalue weighted by Gasteiger charge is -2.19. The number of aliphatic hydroxyl groups excluding tert-OH is 1. The first kappa shape index (κ1) is 63.2. The van der Waals surface area contributed by atoms with Gasteiger partial charge in [0, 0.05) is 0 Å². The van der Waals surface area contributed by atoms with Gasteiger partial charge in [-0.2, -0.15) is 0 Å². The number of hydrogen-bond acceptors (Lipinski definition) is 2. The van der Waals surface area contributed by atoms with Crippen LogP contribution in [0, 0.1) is 5.92 Å². The summed E-state index contributed by atoms with van der Waals surface area (Å²) in [6, 6.07) is 0. The second kappa shape index (κ2) is 56.5. The maximum Gasteiger partial charge on any atom is 0.309 e. The molecule has 0 aliphatic heterocycles. The fraction of sp³-hybridized carbons (Fsp3) is 0.951. The molecular weight excluding hydrogens is 781 g/mol. The second-order valence-corrected chi connectivity index (χ2v) is 21.1. The van der Waals surface area contributed by atoms with Crippen molar-refractivity contribution in [3.8, 4) is 0 Å². The molecule has 0 amide bonds. The van der Waals surface area contributed by atoms with Crippen molar-refractivity contribution in [3.63, 3.8) is 0 Å². The van der Waals surface area contributed by atoms with E-state index >= 15 is 0 Å². The molecule has 3 nitrogen and oxygen atoms in total. The highest BCUT2D eigenvalue weighted by molar-refractivity contribution is 5.70. The van der Waals surface area contributed by atoms with E-state index in [1.54, 1.807) is 0 Å². The van der Waals surface area contributed by atoms with E-state index < -0.39 is 18.0 Å². The molecule has 2 N–H and O–H groups in total. The quantitative estimate of drug-likeness (QED) is 0.0472. The Morgan fingerprint density at radius 2 is 0.484 bits per heavy atom. The van der Waals surface area contributed by atoms with Crippen molar-refractivity contribution in [1.29, 1.82) is 0 Å². The second-order valence-electron chi connectivity index (χ2n) is 21.1. The molecule has 2 atom stereocenters. The van der Waals surface area contributed by atoms with Crippen LogP contribution in [0.25, 0.3) is 0 Å². The largest absolute Gasteiger partial charge is 0.481 e. The highest BCUT2D eigenvalue weighted by Gasteiger charge is 2.25. The summed E-state index contributed by atoms with van der Waals surface area (Å²) in [7, 11) is 0. The van der Waals surface area contributed by atoms with E-state index in [2.05, 4.69) is 26.0 Å². The minimum atomic E-state index is -0.802. The standard InChI is InChI=1S/C61H120O3/c1-3-5-7-9-11-13-15-17-19-21-23-25-27-28-29-30-31-32-33-34-35-36-38-40-42-44-46-48-50-52-54-56-58-60(62)59(61(63)64)57-55-53-51-49-47-45-43-41-39-37-26-24-22-20-18-16-14-12-10-8-6-4-2/h32-33,59-60,62H,3-31,34-58H2,1-2H3,(H,63,64)/b33-32-. The molecule has 0 radical (unpaired) electrons. The SMILES string of the molecule is CCCCCCCCCCCCCCCCCC/C=C\CCCCCCCCCCCCCCC(O)C(CCCCCCCCCCCCCCCCCCCCCCCC)C(=O)O. The molecule has 0 aromatic carbocycles. The molecule has 0 saturated heterocycles. The summed E-state index contributed by atoms with van der Waals surface area (Å²) in [6.07, 6.45) is 76.8. The van der Waals surface area contributed by atoms with Gasteiger partial charge in [0.05, 0.1) is 12.0 Å². The topological polar surface area (TPSA) is 57.5 Å². The van der Waals surface area contributed by atoms with Crippen LogP contribution in [0.2, 0.25) is 0 Å². The van der Waals surface area contributed by atoms with Gasteiger partial charge in [-0.05, 0) is 38.5 Å². The van der Waals surface area contributed by atoms with Crippen LogP contribution >= 0.6 is 0 Å². The van der Waals surface area contributed by atoms with Gasteiger partial charge in [0.15, 0.2) is 0 Å². The number of carboxylic acid groups (broad SMARTS) is 1. The van der Waals surface area contributed by atoms with Crippen molar-refractivity contribution >= 4 is 5.97 Å². The molecule has 0 aliphatic rings. The maximum absolute atomic E-state index is 11.9. The van der Waals surface area contributed by atoms with Crippen LogP contribution < -0.4 is 0 Å². The zero-order valence-corrected chi connectivity index (χ0v) is 44.3. The first-order chi connectivity index (χ1) is 31.6. The van der Waals surface area contributed by atoms with Crippen LogP contribution in [0.1, 0.15) is 361 Å². The molecule has 64 heavy (non-hydrogen) atoms. The summed E-state index contributed by atoms with van der Waals surface area (Å²) < 4.78 is 0. The molecule has 0 rings (SSSR count). The van der Waals surface area contributed by atoms with Crippen LogP contribution in [-0.4, -0.2) is 22.3 Å². The van der Waals surface area contributed by atoms with E-state index in [1.165, 1.54) is 308 Å². The Kier molecular flexibility index (Phi) is 55.8. The van der Waals surface area contributed by atoms with E-state index in [-0.39, 0.29) is 0 Å². The number of aliphatic carboxylic acids is 1. The number of unbranched alkanes of at least 4 members (excludes halogenated alkanes) is 49. The van der Waals surface area contributed by atoms with Crippen molar-refractivity contribution < 1.29 is 15.0 Å². The van der Waals surface area contributed by atoms with Gasteiger partial charge in [-0.1, -0.05) is 334 Å². The number of rotatable bonds is 57. The smallest absolute Gasteiger partial charge is 0.309 e. The van der Waals surface area contributed by atoms with E-state index in [0.717, 1.165) is 25.7 Å². The highest BCUT2D eigenvalue weighted by Crippen LogP contribution is 2.22. The van der Waals surface area contributed by atoms with E-state index in [0.29, 0.717) is 12.8 Å². The highest BCUT2D eigenvalue weighted by atomic mass is 16.4. The lowest BCUT2D eigenvalue weighted by Crippen LogP contribution is -2.28. The van der Waals surface area contributed by atoms with Gasteiger partial charge in [-0.3, -0.25) is 4.79 Å². The Hall–Kier alpha value is -0.830. The average Bonchev–Trinajstić information content (AvgIpc) is 3.29. The molecule has 0 bridgehead atoms. The summed E-state index contributed by atoms with van der Waals surface area (Å²) in [5.74, 6) is -1.39. The third-order valence-electron chi connectivity index (χ3n) is 14.7. The molecule has 0 saturated carbocycles. The number of aliphatic hydroxyl groups is 1. The van der Waals surface area contributed by atoms with Crippen molar-refractivity contribution in [3.05, 3.63) is 12.2 Å². The maximum atomic E-state index is 11.9. The van der Waals surface area contributed by atoms with Crippen molar-refractivity contribution in [1.82, 2.24) is 0 Å². The van der Waals surface area contributed by atoms with Crippen LogP contribution in [-0.2, 0) is 4.79 Å². The summed E-state index contributed by atoms with van der Waals surface area (Å²) in [4.78, 5) is 11.9. The van der Waals surface area contributed by atoms with Crippen LogP contribution in [0.3, 0.4) is 0 Å². The molecule has 0 heterocycles. The average molecular weight is 902 g/mol. The zero-order valence-electron chi connectivity index (χ0n) is 44.3. The van der Waals surface area contributed by atoms with Crippen molar-refractivity contribution in [2.24, 2.45) is 5.92 Å². The third-order valence-corrected chi connectivity index (χ3v) is 14.7. The van der Waals surface area contributed by atoms with Crippen molar-refractivity contribution in [2.75, 3.05) is 0 Å². The zero-order chi connectivity index (χ0) is 46.3. The van der Waals surface area contributed by atoms with Gasteiger partial charge in [-0.15, -0.1) is 0 Å². The first-order valence-corrected chi connectivity index (χ1v) is 30.2. The van der Waals surface area contributed by atoms with Gasteiger partial charge in [0.1, 0.15) is 0 Å². The monoisotopic (exact) mass is 901 g/mol. The van der Waals surface area contributed by atoms with Crippen LogP contribution in [0.15, 0.2) is 12.2 Å². The van der Waals surface area contributed by atoms with Gasteiger partial charge in [-0.25, -0.2) is 0 Å². The Morgan fingerprint density at radius 3 is 0.703 bits per heavy atom. The number of carboxylic acids is 1. The Balaban J connectivity index is 3.40. The van der Waals surface area contributed by atoms with Crippen LogP contribution in [0.5, 0.6) is 0 Å². The van der Waals surface area contributed by atoms with E-state index in [9.17, 15) is 15.0 Å². The first-order valence-electron chi connectivity index (χ1n) is 30.2. The Morgan fingerprint density at radius 1 is 0.297 bits per heavy atom. The molecule has 3 heteroatoms. The molecule has 0 aromatic heterocycles. The van der Waals surface area contributed by atoms with Crippen LogP contribution in [0.4, 0.5) is 0 Å². The normalized spacial score (nSPS) is 12.8. The summed E-state index contributed by atoms with van der Waals surface area (Å²) in [5, 5.41) is 20.5. The molecule has 382 valence electrons. The minimum absolute atomic E-state index is 0.583.